The summed E-state index contributed by atoms with van der Waals surface area (Å²) in [5, 5.41) is 15.9. The summed E-state index contributed by atoms with van der Waals surface area (Å²) >= 11 is 8.30. The molecule has 0 radical (unpaired) electrons. The second-order valence-electron chi connectivity index (χ2n) is 11.5. The fourth-order valence-electron chi connectivity index (χ4n) is 5.85. The van der Waals surface area contributed by atoms with E-state index >= 15 is 0 Å². The van der Waals surface area contributed by atoms with E-state index in [1.807, 2.05) is 102 Å². The molecule has 48 heavy (non-hydrogen) atoms. The fraction of sp³-hybridized carbons (Fsp3) is 0.184. The monoisotopic (exact) mass is 673 g/mol. The predicted molar refractivity (Wildman–Crippen MR) is 189 cm³/mol. The number of fused-ring (bicyclic) bond motifs is 4. The van der Waals surface area contributed by atoms with Gasteiger partial charge in [0, 0.05) is 33.0 Å². The molecule has 0 aliphatic carbocycles. The molecule has 240 valence electrons. The highest BCUT2D eigenvalue weighted by molar-refractivity contribution is 7.15. The predicted octanol–water partition coefficient (Wildman–Crippen LogP) is 8.04. The minimum Gasteiger partial charge on any atom is -0.461 e. The molecule has 10 heteroatoms. The maximum atomic E-state index is 13.8. The van der Waals surface area contributed by atoms with Crippen LogP contribution < -0.4 is 5.32 Å². The molecule has 0 bridgehead atoms. The lowest BCUT2D eigenvalue weighted by molar-refractivity contribution is -0.145. The number of hydrogen-bond donors (Lipinski definition) is 1. The van der Waals surface area contributed by atoms with Crippen LogP contribution in [0.2, 0.25) is 5.02 Å². The van der Waals surface area contributed by atoms with Gasteiger partial charge in [0.05, 0.1) is 11.8 Å². The van der Waals surface area contributed by atoms with E-state index in [4.69, 9.17) is 21.3 Å². The standard InChI is InChI=1S/C38H32ClN5O3S/c1-2-28-21-30-35(29-14-8-9-15-31(29)39)40-22-33-42-43-36(44(33)38(30)48-28)32(18-19-34(45)47-23-24-10-4-3-5-11-24)41-37(46)27-17-16-25-12-6-7-13-26(25)20-27/h3-17,20-21,32H,2,18-19,22-23H2,1H3,(H,41,46)/t32-/m1/s1. The third kappa shape index (κ3) is 6.52. The lowest BCUT2D eigenvalue weighted by atomic mass is 10.0. The Morgan fingerprint density at radius 3 is 2.50 bits per heavy atom. The SMILES string of the molecule is CCc1cc2c(s1)-n1c(nnc1[C@@H](CCC(=O)OCc1ccccc1)NC(=O)c1ccc3ccccc3c1)CN=C2c1ccccc1Cl. The Bertz CT molecular complexity index is 2160. The maximum absolute atomic E-state index is 13.8. The second-order valence-corrected chi connectivity index (χ2v) is 13.0. The average Bonchev–Trinajstić information content (AvgIpc) is 3.71. The second kappa shape index (κ2) is 13.9. The van der Waals surface area contributed by atoms with Crippen molar-refractivity contribution in [3.8, 4) is 5.00 Å². The molecular weight excluding hydrogens is 642 g/mol. The van der Waals surface area contributed by atoms with Gasteiger partial charge in [-0.25, -0.2) is 0 Å². The lowest BCUT2D eigenvalue weighted by Crippen LogP contribution is -2.31. The maximum Gasteiger partial charge on any atom is 0.306 e. The number of carbonyl (C=O) groups excluding carboxylic acids is 2. The zero-order chi connectivity index (χ0) is 33.0. The van der Waals surface area contributed by atoms with Gasteiger partial charge in [0.2, 0.25) is 0 Å². The number of nitrogens with one attached hydrogen (secondary N) is 1. The van der Waals surface area contributed by atoms with E-state index < -0.39 is 6.04 Å². The molecule has 1 aliphatic rings. The Hall–Kier alpha value is -5.12. The largest absolute Gasteiger partial charge is 0.461 e. The highest BCUT2D eigenvalue weighted by atomic mass is 35.5. The number of rotatable bonds is 10. The van der Waals surface area contributed by atoms with E-state index in [2.05, 4.69) is 28.5 Å². The Labute approximate surface area is 287 Å². The van der Waals surface area contributed by atoms with Crippen LogP contribution in [-0.2, 0) is 29.1 Å². The summed E-state index contributed by atoms with van der Waals surface area (Å²) in [5.41, 5.74) is 3.95. The first-order chi connectivity index (χ1) is 23.5. The van der Waals surface area contributed by atoms with E-state index in [-0.39, 0.29) is 37.9 Å². The van der Waals surface area contributed by atoms with Crippen LogP contribution in [0.25, 0.3) is 15.8 Å². The van der Waals surface area contributed by atoms with Crippen molar-refractivity contribution in [1.82, 2.24) is 20.1 Å². The Morgan fingerprint density at radius 1 is 0.917 bits per heavy atom. The van der Waals surface area contributed by atoms with Crippen LogP contribution in [0.15, 0.2) is 108 Å². The molecule has 1 aliphatic heterocycles. The van der Waals surface area contributed by atoms with Crippen LogP contribution >= 0.6 is 22.9 Å². The van der Waals surface area contributed by atoms with Gasteiger partial charge >= 0.3 is 5.97 Å². The minimum atomic E-state index is -0.656. The number of aryl methyl sites for hydroxylation is 1. The number of carbonyl (C=O) groups is 2. The van der Waals surface area contributed by atoms with E-state index in [1.54, 1.807) is 11.3 Å². The van der Waals surface area contributed by atoms with Crippen molar-refractivity contribution in [2.75, 3.05) is 0 Å². The molecule has 1 amide bonds. The summed E-state index contributed by atoms with van der Waals surface area (Å²) in [6, 6.07) is 32.2. The zero-order valence-electron chi connectivity index (χ0n) is 26.2. The van der Waals surface area contributed by atoms with Gasteiger partial charge in [0.1, 0.15) is 18.2 Å². The molecule has 0 unspecified atom stereocenters. The summed E-state index contributed by atoms with van der Waals surface area (Å²) in [4.78, 5) is 33.0. The molecule has 4 aromatic carbocycles. The molecule has 6 aromatic rings. The summed E-state index contributed by atoms with van der Waals surface area (Å²) in [7, 11) is 0. The van der Waals surface area contributed by atoms with Crippen molar-refractivity contribution in [2.45, 2.75) is 45.4 Å². The van der Waals surface area contributed by atoms with E-state index in [0.29, 0.717) is 22.2 Å². The summed E-state index contributed by atoms with van der Waals surface area (Å²) < 4.78 is 7.58. The highest BCUT2D eigenvalue weighted by Gasteiger charge is 2.31. The third-order valence-electron chi connectivity index (χ3n) is 8.34. The van der Waals surface area contributed by atoms with E-state index in [0.717, 1.165) is 49.5 Å². The number of aromatic nitrogens is 3. The summed E-state index contributed by atoms with van der Waals surface area (Å²) in [5.74, 6) is 0.516. The van der Waals surface area contributed by atoms with Crippen LogP contribution in [-0.4, -0.2) is 32.4 Å². The first-order valence-electron chi connectivity index (χ1n) is 15.8. The molecule has 0 spiro atoms. The van der Waals surface area contributed by atoms with Crippen LogP contribution in [0, 0.1) is 0 Å². The van der Waals surface area contributed by atoms with Crippen molar-refractivity contribution < 1.29 is 14.3 Å². The fourth-order valence-corrected chi connectivity index (χ4v) is 7.20. The summed E-state index contributed by atoms with van der Waals surface area (Å²) in [6.45, 7) is 2.55. The van der Waals surface area contributed by atoms with Gasteiger partial charge in [-0.2, -0.15) is 0 Å². The van der Waals surface area contributed by atoms with Crippen molar-refractivity contribution in [1.29, 1.82) is 0 Å². The molecule has 8 nitrogen and oxygen atoms in total. The van der Waals surface area contributed by atoms with Crippen LogP contribution in [0.4, 0.5) is 0 Å². The zero-order valence-corrected chi connectivity index (χ0v) is 27.8. The first-order valence-corrected chi connectivity index (χ1v) is 17.0. The van der Waals surface area contributed by atoms with Gasteiger partial charge in [-0.15, -0.1) is 21.5 Å². The molecule has 0 fully saturated rings. The number of esters is 1. The third-order valence-corrected chi connectivity index (χ3v) is 9.94. The Morgan fingerprint density at radius 2 is 1.69 bits per heavy atom. The summed E-state index contributed by atoms with van der Waals surface area (Å²) in [6.07, 6.45) is 1.15. The van der Waals surface area contributed by atoms with Gasteiger partial charge in [-0.1, -0.05) is 97.4 Å². The number of thiophene rings is 1. The number of amides is 1. The van der Waals surface area contributed by atoms with Gasteiger partial charge in [-0.3, -0.25) is 19.1 Å². The van der Waals surface area contributed by atoms with Crippen molar-refractivity contribution in [3.05, 3.63) is 147 Å². The topological polar surface area (TPSA) is 98.5 Å². The number of hydrogen-bond acceptors (Lipinski definition) is 7. The van der Waals surface area contributed by atoms with Crippen LogP contribution in [0.1, 0.15) is 69.4 Å². The molecule has 3 heterocycles. The smallest absolute Gasteiger partial charge is 0.306 e. The van der Waals surface area contributed by atoms with E-state index in [1.165, 1.54) is 0 Å². The molecule has 1 atom stereocenters. The van der Waals surface area contributed by atoms with Gasteiger partial charge in [0.25, 0.3) is 5.91 Å². The lowest BCUT2D eigenvalue weighted by Gasteiger charge is -2.20. The molecule has 7 rings (SSSR count). The van der Waals surface area contributed by atoms with Crippen molar-refractivity contribution in [3.63, 3.8) is 0 Å². The van der Waals surface area contributed by atoms with Crippen molar-refractivity contribution >= 4 is 51.3 Å². The molecule has 2 aromatic heterocycles. The van der Waals surface area contributed by atoms with Crippen LogP contribution in [0.5, 0.6) is 0 Å². The number of aliphatic imine (C=N–C) groups is 1. The highest BCUT2D eigenvalue weighted by Crippen LogP contribution is 2.36. The number of ether oxygens (including phenoxy) is 1. The van der Waals surface area contributed by atoms with Crippen molar-refractivity contribution in [2.24, 2.45) is 4.99 Å². The molecule has 0 saturated carbocycles. The minimum absolute atomic E-state index is 0.0660. The average molecular weight is 674 g/mol. The first kappa shape index (κ1) is 31.5. The molecular formula is C38H32ClN5O3S. The molecule has 0 saturated heterocycles. The van der Waals surface area contributed by atoms with Gasteiger partial charge in [0.15, 0.2) is 11.6 Å². The van der Waals surface area contributed by atoms with Gasteiger partial charge in [-0.05, 0) is 53.4 Å². The van der Waals surface area contributed by atoms with Crippen LogP contribution in [0.3, 0.4) is 0 Å². The Balaban J connectivity index is 1.23. The van der Waals surface area contributed by atoms with E-state index in [9.17, 15) is 9.59 Å². The number of nitrogens with zero attached hydrogens (tertiary/aromatic N) is 4. The number of benzene rings is 4. The number of halogens is 1. The Kier molecular flexibility index (Phi) is 9.14. The van der Waals surface area contributed by atoms with Gasteiger partial charge < -0.3 is 10.1 Å². The molecule has 1 N–H and O–H groups in total. The normalized spacial score (nSPS) is 12.8. The quantitative estimate of drug-likeness (QED) is 0.148.